The van der Waals surface area contributed by atoms with Crippen LogP contribution in [0.15, 0.2) is 16.4 Å². The molecule has 1 heterocycles. The molecule has 3 N–H and O–H groups in total. The van der Waals surface area contributed by atoms with E-state index in [0.717, 1.165) is 11.3 Å². The second kappa shape index (κ2) is 5.42. The van der Waals surface area contributed by atoms with Crippen LogP contribution in [0.4, 0.5) is 5.13 Å². The number of nitrogen functional groups attached to an aromatic ring is 1. The Kier molecular flexibility index (Phi) is 4.45. The van der Waals surface area contributed by atoms with Gasteiger partial charge in [0.2, 0.25) is 0 Å². The Morgan fingerprint density at radius 1 is 1.56 bits per heavy atom. The number of hydrogen-bond donors (Lipinski definition) is 2. The van der Waals surface area contributed by atoms with Crippen molar-refractivity contribution in [2.45, 2.75) is 24.5 Å². The van der Waals surface area contributed by atoms with Crippen molar-refractivity contribution in [1.29, 1.82) is 0 Å². The van der Waals surface area contributed by atoms with Crippen LogP contribution in [0, 0.1) is 6.92 Å². The number of aromatic nitrogens is 1. The molecule has 90 valence electrons. The average molecular weight is 261 g/mol. The van der Waals surface area contributed by atoms with Crippen LogP contribution in [0.5, 0.6) is 0 Å². The van der Waals surface area contributed by atoms with Crippen LogP contribution < -0.4 is 10.5 Å². The molecule has 0 saturated carbocycles. The molecule has 0 bridgehead atoms. The van der Waals surface area contributed by atoms with Crippen LogP contribution in [-0.2, 0) is 10.0 Å². The van der Waals surface area contributed by atoms with Crippen molar-refractivity contribution in [3.05, 3.63) is 17.8 Å². The van der Waals surface area contributed by atoms with Gasteiger partial charge in [-0.15, -0.1) is 0 Å². The topological polar surface area (TPSA) is 85.1 Å². The van der Waals surface area contributed by atoms with Crippen molar-refractivity contribution >= 4 is 26.5 Å². The van der Waals surface area contributed by atoms with Crippen molar-refractivity contribution in [2.24, 2.45) is 0 Å². The number of nitrogens with one attached hydrogen (secondary N) is 1. The molecule has 16 heavy (non-hydrogen) atoms. The summed E-state index contributed by atoms with van der Waals surface area (Å²) in [6.07, 6.45) is 4.45. The Balaban J connectivity index is 2.74. The predicted molar refractivity (Wildman–Crippen MR) is 65.9 cm³/mol. The number of allylic oxidation sites excluding steroid dienone is 1. The Morgan fingerprint density at radius 3 is 2.75 bits per heavy atom. The van der Waals surface area contributed by atoms with Crippen LogP contribution in [0.1, 0.15) is 19.0 Å². The van der Waals surface area contributed by atoms with Crippen LogP contribution in [-0.4, -0.2) is 19.9 Å². The fourth-order valence-corrected chi connectivity index (χ4v) is 3.55. The van der Waals surface area contributed by atoms with Gasteiger partial charge in [0.25, 0.3) is 10.0 Å². The molecule has 0 aliphatic rings. The minimum atomic E-state index is -3.46. The largest absolute Gasteiger partial charge is 0.375 e. The zero-order chi connectivity index (χ0) is 12.2. The lowest BCUT2D eigenvalue weighted by Crippen LogP contribution is -2.24. The first-order valence-electron chi connectivity index (χ1n) is 4.81. The molecule has 0 radical (unpaired) electrons. The number of nitrogens with two attached hydrogens (primary N) is 1. The van der Waals surface area contributed by atoms with Crippen molar-refractivity contribution in [2.75, 3.05) is 12.3 Å². The fourth-order valence-electron chi connectivity index (χ4n) is 1.16. The monoisotopic (exact) mass is 261 g/mol. The van der Waals surface area contributed by atoms with E-state index in [4.69, 9.17) is 5.73 Å². The number of rotatable bonds is 5. The van der Waals surface area contributed by atoms with E-state index in [-0.39, 0.29) is 9.34 Å². The van der Waals surface area contributed by atoms with E-state index in [1.165, 1.54) is 0 Å². The van der Waals surface area contributed by atoms with Crippen molar-refractivity contribution in [3.63, 3.8) is 0 Å². The Labute approximate surface area is 99.4 Å². The third-order valence-electron chi connectivity index (χ3n) is 1.85. The summed E-state index contributed by atoms with van der Waals surface area (Å²) in [6, 6.07) is 0. The highest BCUT2D eigenvalue weighted by atomic mass is 32.2. The fraction of sp³-hybridized carbons (Fsp3) is 0.444. The van der Waals surface area contributed by atoms with Crippen LogP contribution >= 0.6 is 11.3 Å². The maximum absolute atomic E-state index is 11.8. The van der Waals surface area contributed by atoms with Crippen molar-refractivity contribution in [1.82, 2.24) is 9.71 Å². The third kappa shape index (κ3) is 3.29. The minimum Gasteiger partial charge on any atom is -0.375 e. The van der Waals surface area contributed by atoms with E-state index < -0.39 is 10.0 Å². The second-order valence-electron chi connectivity index (χ2n) is 3.18. The lowest BCUT2D eigenvalue weighted by atomic mass is 10.4. The summed E-state index contributed by atoms with van der Waals surface area (Å²) in [5.74, 6) is 0. The number of aryl methyl sites for hydroxylation is 1. The van der Waals surface area contributed by atoms with Gasteiger partial charge in [0.1, 0.15) is 0 Å². The van der Waals surface area contributed by atoms with Gasteiger partial charge < -0.3 is 5.73 Å². The summed E-state index contributed by atoms with van der Waals surface area (Å²) in [4.78, 5) is 3.88. The van der Waals surface area contributed by atoms with Crippen LogP contribution in [0.3, 0.4) is 0 Å². The van der Waals surface area contributed by atoms with Crippen LogP contribution in [0.25, 0.3) is 0 Å². The number of thiazole rings is 1. The minimum absolute atomic E-state index is 0.200. The molecular formula is C9H15N3O2S2. The molecule has 0 saturated heterocycles. The van der Waals surface area contributed by atoms with E-state index in [9.17, 15) is 8.42 Å². The average Bonchev–Trinajstić information content (AvgIpc) is 2.53. The van der Waals surface area contributed by atoms with Gasteiger partial charge in [-0.25, -0.2) is 18.1 Å². The molecule has 0 amide bonds. The number of nitrogens with zero attached hydrogens (tertiary/aromatic N) is 1. The van der Waals surface area contributed by atoms with Gasteiger partial charge in [-0.05, 0) is 20.3 Å². The molecule has 0 aliphatic carbocycles. The molecule has 5 nitrogen and oxygen atoms in total. The predicted octanol–water partition coefficient (Wildman–Crippen LogP) is 1.28. The molecule has 0 atom stereocenters. The van der Waals surface area contributed by atoms with Gasteiger partial charge in [0.05, 0.1) is 5.69 Å². The van der Waals surface area contributed by atoms with Gasteiger partial charge >= 0.3 is 0 Å². The van der Waals surface area contributed by atoms with E-state index in [1.54, 1.807) is 6.92 Å². The number of anilines is 1. The first-order chi connectivity index (χ1) is 7.47. The normalized spacial score (nSPS) is 12.4. The smallest absolute Gasteiger partial charge is 0.252 e. The molecule has 7 heteroatoms. The van der Waals surface area contributed by atoms with Gasteiger partial charge in [-0.2, -0.15) is 0 Å². The highest BCUT2D eigenvalue weighted by Crippen LogP contribution is 2.24. The second-order valence-corrected chi connectivity index (χ2v) is 6.17. The highest BCUT2D eigenvalue weighted by molar-refractivity contribution is 7.91. The molecule has 0 aliphatic heterocycles. The molecule has 0 aromatic carbocycles. The Morgan fingerprint density at radius 2 is 2.25 bits per heavy atom. The van der Waals surface area contributed by atoms with Gasteiger partial charge in [0.15, 0.2) is 9.34 Å². The van der Waals surface area contributed by atoms with E-state index in [2.05, 4.69) is 9.71 Å². The summed E-state index contributed by atoms with van der Waals surface area (Å²) in [7, 11) is -3.46. The summed E-state index contributed by atoms with van der Waals surface area (Å²) >= 11 is 0.983. The van der Waals surface area contributed by atoms with E-state index in [0.29, 0.717) is 18.7 Å². The highest BCUT2D eigenvalue weighted by Gasteiger charge is 2.20. The Hall–Kier alpha value is -0.920. The third-order valence-corrected chi connectivity index (χ3v) is 4.91. The van der Waals surface area contributed by atoms with Crippen molar-refractivity contribution < 1.29 is 8.42 Å². The molecule has 0 unspecified atom stereocenters. The first-order valence-corrected chi connectivity index (χ1v) is 7.11. The van der Waals surface area contributed by atoms with E-state index >= 15 is 0 Å². The molecule has 1 aromatic heterocycles. The molecule has 1 rings (SSSR count). The summed E-state index contributed by atoms with van der Waals surface area (Å²) < 4.78 is 26.3. The molecular weight excluding hydrogens is 246 g/mol. The van der Waals surface area contributed by atoms with Crippen molar-refractivity contribution in [3.8, 4) is 0 Å². The maximum atomic E-state index is 11.8. The van der Waals surface area contributed by atoms with Gasteiger partial charge in [-0.1, -0.05) is 23.5 Å². The van der Waals surface area contributed by atoms with Gasteiger partial charge in [-0.3, -0.25) is 0 Å². The zero-order valence-corrected chi connectivity index (χ0v) is 10.9. The number of sulfonamides is 1. The summed E-state index contributed by atoms with van der Waals surface area (Å²) in [5.41, 5.74) is 5.90. The summed E-state index contributed by atoms with van der Waals surface area (Å²) in [5, 5.41) is 0.270. The quantitative estimate of drug-likeness (QED) is 0.617. The standard InChI is InChI=1S/C9H15N3O2S2/c1-3-4-5-6-11-16(13,14)8-7(2)12-9(10)15-8/h3-4,11H,5-6H2,1-2H3,(H2,10,12)/b4-3+. The molecule has 1 aromatic rings. The first kappa shape index (κ1) is 13.1. The molecule has 0 fully saturated rings. The maximum Gasteiger partial charge on any atom is 0.252 e. The van der Waals surface area contributed by atoms with E-state index in [1.807, 2.05) is 19.1 Å². The summed E-state index contributed by atoms with van der Waals surface area (Å²) in [6.45, 7) is 3.90. The molecule has 0 spiro atoms. The Bertz CT molecular complexity index is 477. The zero-order valence-electron chi connectivity index (χ0n) is 9.23. The van der Waals surface area contributed by atoms with Crippen LogP contribution in [0.2, 0.25) is 0 Å². The van der Waals surface area contributed by atoms with Gasteiger partial charge in [0, 0.05) is 6.54 Å². The lowest BCUT2D eigenvalue weighted by molar-refractivity contribution is 0.583. The lowest BCUT2D eigenvalue weighted by Gasteiger charge is -2.02. The number of hydrogen-bond acceptors (Lipinski definition) is 5. The SMILES string of the molecule is C/C=C/CCNS(=O)(=O)c1sc(N)nc1C.